The first-order valence-electron chi connectivity index (χ1n) is 7.85. The summed E-state index contributed by atoms with van der Waals surface area (Å²) in [5, 5.41) is 4.92. The number of thiazole rings is 1. The summed E-state index contributed by atoms with van der Waals surface area (Å²) in [5.74, 6) is -0.253. The zero-order valence-electron chi connectivity index (χ0n) is 12.8. The second kappa shape index (κ2) is 7.37. The Morgan fingerprint density at radius 3 is 2.43 bits per heavy atom. The predicted molar refractivity (Wildman–Crippen MR) is 90.9 cm³/mol. The molecule has 1 aliphatic heterocycles. The molecule has 0 saturated carbocycles. The summed E-state index contributed by atoms with van der Waals surface area (Å²) in [6.45, 7) is 1.59. The zero-order valence-corrected chi connectivity index (χ0v) is 13.6. The van der Waals surface area contributed by atoms with Crippen LogP contribution in [0.4, 0.5) is 5.13 Å². The van der Waals surface area contributed by atoms with Crippen molar-refractivity contribution in [1.29, 1.82) is 0 Å². The Hall–Kier alpha value is -2.21. The third-order valence-electron chi connectivity index (χ3n) is 3.87. The number of benzene rings is 1. The van der Waals surface area contributed by atoms with Gasteiger partial charge in [-0.2, -0.15) is 0 Å². The molecule has 0 radical (unpaired) electrons. The number of likely N-dealkylation sites (tertiary alicyclic amines) is 1. The summed E-state index contributed by atoms with van der Waals surface area (Å²) < 4.78 is 0. The Balaban J connectivity index is 1.65. The molecule has 23 heavy (non-hydrogen) atoms. The van der Waals surface area contributed by atoms with E-state index in [2.05, 4.69) is 10.3 Å². The van der Waals surface area contributed by atoms with Gasteiger partial charge in [0.25, 0.3) is 11.8 Å². The normalized spacial score (nSPS) is 15.0. The van der Waals surface area contributed by atoms with Gasteiger partial charge in [0.2, 0.25) is 0 Å². The van der Waals surface area contributed by atoms with Crippen LogP contribution in [-0.2, 0) is 0 Å². The molecule has 3 rings (SSSR count). The average Bonchev–Trinajstić information content (AvgIpc) is 2.87. The Labute approximate surface area is 139 Å². The van der Waals surface area contributed by atoms with Crippen molar-refractivity contribution in [3.05, 3.63) is 47.0 Å². The summed E-state index contributed by atoms with van der Waals surface area (Å²) in [4.78, 5) is 30.7. The second-order valence-electron chi connectivity index (χ2n) is 5.56. The highest BCUT2D eigenvalue weighted by Gasteiger charge is 2.20. The van der Waals surface area contributed by atoms with Crippen molar-refractivity contribution in [2.45, 2.75) is 25.7 Å². The highest BCUT2D eigenvalue weighted by Crippen LogP contribution is 2.19. The number of carbonyl (C=O) groups is 2. The van der Waals surface area contributed by atoms with Gasteiger partial charge in [0, 0.05) is 24.0 Å². The molecule has 1 aromatic carbocycles. The molecule has 0 aliphatic carbocycles. The third-order valence-corrected chi connectivity index (χ3v) is 4.63. The molecule has 1 fully saturated rings. The van der Waals surface area contributed by atoms with Gasteiger partial charge in [0.15, 0.2) is 5.13 Å². The average molecular weight is 329 g/mol. The Morgan fingerprint density at radius 1 is 1.04 bits per heavy atom. The summed E-state index contributed by atoms with van der Waals surface area (Å²) >= 11 is 1.28. The fourth-order valence-corrected chi connectivity index (χ4v) is 3.30. The fraction of sp³-hybridized carbons (Fsp3) is 0.353. The van der Waals surface area contributed by atoms with E-state index in [9.17, 15) is 9.59 Å². The molecule has 0 spiro atoms. The molecule has 2 amide bonds. The molecular weight excluding hydrogens is 310 g/mol. The Kier molecular flexibility index (Phi) is 5.02. The number of rotatable bonds is 3. The lowest BCUT2D eigenvalue weighted by atomic mass is 10.2. The van der Waals surface area contributed by atoms with E-state index >= 15 is 0 Å². The standard InChI is InChI=1S/C17H19N3O2S/c21-15(13-8-4-3-5-9-13)19-17-18-14(12-23-17)16(22)20-10-6-1-2-7-11-20/h3-5,8-9,12H,1-2,6-7,10-11H2,(H,18,19,21). The minimum absolute atomic E-state index is 0.0386. The van der Waals surface area contributed by atoms with E-state index in [4.69, 9.17) is 0 Å². The van der Waals surface area contributed by atoms with Crippen LogP contribution in [0.2, 0.25) is 0 Å². The number of hydrogen-bond acceptors (Lipinski definition) is 4. The molecule has 120 valence electrons. The molecule has 0 atom stereocenters. The van der Waals surface area contributed by atoms with Crippen LogP contribution in [0.15, 0.2) is 35.7 Å². The van der Waals surface area contributed by atoms with Crippen LogP contribution in [0.1, 0.15) is 46.5 Å². The van der Waals surface area contributed by atoms with Gasteiger partial charge >= 0.3 is 0 Å². The van der Waals surface area contributed by atoms with Crippen molar-refractivity contribution in [3.8, 4) is 0 Å². The van der Waals surface area contributed by atoms with Gasteiger partial charge in [-0.05, 0) is 25.0 Å². The van der Waals surface area contributed by atoms with E-state index in [-0.39, 0.29) is 11.8 Å². The van der Waals surface area contributed by atoms with Crippen molar-refractivity contribution < 1.29 is 9.59 Å². The first-order valence-corrected chi connectivity index (χ1v) is 8.73. The monoisotopic (exact) mass is 329 g/mol. The van der Waals surface area contributed by atoms with Crippen molar-refractivity contribution in [3.63, 3.8) is 0 Å². The molecule has 2 heterocycles. The second-order valence-corrected chi connectivity index (χ2v) is 6.42. The SMILES string of the molecule is O=C(Nc1nc(C(=O)N2CCCCCC2)cs1)c1ccccc1. The van der Waals surface area contributed by atoms with Crippen LogP contribution in [-0.4, -0.2) is 34.8 Å². The van der Waals surface area contributed by atoms with Gasteiger partial charge in [0.1, 0.15) is 5.69 Å². The van der Waals surface area contributed by atoms with Crippen LogP contribution >= 0.6 is 11.3 Å². The van der Waals surface area contributed by atoms with Gasteiger partial charge < -0.3 is 4.90 Å². The van der Waals surface area contributed by atoms with Crippen LogP contribution < -0.4 is 5.32 Å². The zero-order chi connectivity index (χ0) is 16.1. The van der Waals surface area contributed by atoms with Crippen LogP contribution in [0.3, 0.4) is 0 Å². The smallest absolute Gasteiger partial charge is 0.273 e. The number of nitrogens with zero attached hydrogens (tertiary/aromatic N) is 2. The fourth-order valence-electron chi connectivity index (χ4n) is 2.62. The van der Waals surface area contributed by atoms with Gasteiger partial charge in [-0.1, -0.05) is 31.0 Å². The number of hydrogen-bond donors (Lipinski definition) is 1. The van der Waals surface area contributed by atoms with Crippen LogP contribution in [0, 0.1) is 0 Å². The van der Waals surface area contributed by atoms with Gasteiger partial charge in [-0.3, -0.25) is 14.9 Å². The van der Waals surface area contributed by atoms with Gasteiger partial charge in [-0.25, -0.2) is 4.98 Å². The Bertz CT molecular complexity index is 676. The minimum atomic E-state index is -0.214. The summed E-state index contributed by atoms with van der Waals surface area (Å²) in [6, 6.07) is 8.96. The number of anilines is 1. The minimum Gasteiger partial charge on any atom is -0.337 e. The number of carbonyl (C=O) groups excluding carboxylic acids is 2. The lowest BCUT2D eigenvalue weighted by Gasteiger charge is -2.18. The topological polar surface area (TPSA) is 62.3 Å². The highest BCUT2D eigenvalue weighted by molar-refractivity contribution is 7.14. The number of nitrogens with one attached hydrogen (secondary N) is 1. The lowest BCUT2D eigenvalue weighted by molar-refractivity contribution is 0.0756. The Morgan fingerprint density at radius 2 is 1.74 bits per heavy atom. The molecule has 1 aromatic heterocycles. The quantitative estimate of drug-likeness (QED) is 0.938. The molecular formula is C17H19N3O2S. The van der Waals surface area contributed by atoms with E-state index in [1.54, 1.807) is 17.5 Å². The van der Waals surface area contributed by atoms with Crippen LogP contribution in [0.25, 0.3) is 0 Å². The molecule has 0 unspecified atom stereocenters. The molecule has 0 bridgehead atoms. The number of aromatic nitrogens is 1. The van der Waals surface area contributed by atoms with E-state index in [1.807, 2.05) is 23.1 Å². The summed E-state index contributed by atoms with van der Waals surface area (Å²) in [6.07, 6.45) is 4.46. The van der Waals surface area contributed by atoms with Crippen LogP contribution in [0.5, 0.6) is 0 Å². The molecule has 1 saturated heterocycles. The van der Waals surface area contributed by atoms with Crippen molar-refractivity contribution in [2.24, 2.45) is 0 Å². The number of amides is 2. The third kappa shape index (κ3) is 3.96. The largest absolute Gasteiger partial charge is 0.337 e. The van der Waals surface area contributed by atoms with E-state index in [0.717, 1.165) is 25.9 Å². The van der Waals surface area contributed by atoms with E-state index in [1.165, 1.54) is 24.2 Å². The van der Waals surface area contributed by atoms with Crippen molar-refractivity contribution in [1.82, 2.24) is 9.88 Å². The molecule has 6 heteroatoms. The van der Waals surface area contributed by atoms with Crippen molar-refractivity contribution in [2.75, 3.05) is 18.4 Å². The molecule has 5 nitrogen and oxygen atoms in total. The lowest BCUT2D eigenvalue weighted by Crippen LogP contribution is -2.32. The molecule has 2 aromatic rings. The maximum atomic E-state index is 12.5. The van der Waals surface area contributed by atoms with Gasteiger partial charge in [0.05, 0.1) is 0 Å². The highest BCUT2D eigenvalue weighted by atomic mass is 32.1. The summed E-state index contributed by atoms with van der Waals surface area (Å²) in [5.41, 5.74) is 0.989. The maximum absolute atomic E-state index is 12.5. The maximum Gasteiger partial charge on any atom is 0.273 e. The molecule has 1 N–H and O–H groups in total. The van der Waals surface area contributed by atoms with Crippen molar-refractivity contribution >= 4 is 28.3 Å². The molecule has 1 aliphatic rings. The van der Waals surface area contributed by atoms with E-state index < -0.39 is 0 Å². The predicted octanol–water partition coefficient (Wildman–Crippen LogP) is 3.41. The first kappa shape index (κ1) is 15.7. The van der Waals surface area contributed by atoms with E-state index in [0.29, 0.717) is 16.4 Å². The summed E-state index contributed by atoms with van der Waals surface area (Å²) in [7, 11) is 0. The van der Waals surface area contributed by atoms with Gasteiger partial charge in [-0.15, -0.1) is 11.3 Å². The first-order chi connectivity index (χ1) is 11.2.